The summed E-state index contributed by atoms with van der Waals surface area (Å²) in [6, 6.07) is 0. The molecule has 0 aliphatic heterocycles. The first-order chi connectivity index (χ1) is 2.81. The predicted molar refractivity (Wildman–Crippen MR) is 21.7 cm³/mol. The minimum absolute atomic E-state index is 0.102. The minimum atomic E-state index is -0.102. The number of hydrogen-bond acceptors (Lipinski definition) is 3. The molecule has 0 radical (unpaired) electrons. The Morgan fingerprint density at radius 1 is 2.00 bits per heavy atom. The normalized spacial score (nSPS) is 7.67. The van der Waals surface area contributed by atoms with E-state index < -0.39 is 0 Å². The summed E-state index contributed by atoms with van der Waals surface area (Å²) in [7, 11) is 0. The Balaban J connectivity index is 2.99. The fraction of sp³-hybridized carbons (Fsp3) is 0.667. The first kappa shape index (κ1) is 5.43. The molecule has 36 valence electrons. The Bertz CT molecular complexity index is 46.8. The smallest absolute Gasteiger partial charge is 0.224 e. The molecule has 3 heteroatoms. The van der Waals surface area contributed by atoms with Crippen LogP contribution >= 0.6 is 0 Å². The van der Waals surface area contributed by atoms with E-state index >= 15 is 0 Å². The van der Waals surface area contributed by atoms with Gasteiger partial charge in [0.05, 0.1) is 0 Å². The molecular formula is C3H7NO2. The minimum Gasteiger partial charge on any atom is -0.325 e. The summed E-state index contributed by atoms with van der Waals surface area (Å²) in [5.74, 6) is -0.102. The zero-order valence-electron chi connectivity index (χ0n) is 3.56. The van der Waals surface area contributed by atoms with Gasteiger partial charge in [-0.3, -0.25) is 5.41 Å². The third kappa shape index (κ3) is 1.72. The molecule has 0 aliphatic rings. The summed E-state index contributed by atoms with van der Waals surface area (Å²) in [5, 5.41) is 14.1. The maximum atomic E-state index is 7.61. The predicted octanol–water partition coefficient (Wildman–Crippen LogP) is 0.863. The highest BCUT2D eigenvalue weighted by Gasteiger charge is 1.84. The van der Waals surface area contributed by atoms with Gasteiger partial charge in [0.2, 0.25) is 5.90 Å². The molecular weight excluding hydrogens is 82.0 g/mol. The molecule has 0 saturated heterocycles. The molecule has 0 heterocycles. The van der Waals surface area contributed by atoms with Gasteiger partial charge in [-0.05, 0) is 0 Å². The summed E-state index contributed by atoms with van der Waals surface area (Å²) in [6.45, 7) is 1.72. The Morgan fingerprint density at radius 2 is 2.50 bits per heavy atom. The van der Waals surface area contributed by atoms with Crippen molar-refractivity contribution in [2.24, 2.45) is 0 Å². The highest BCUT2D eigenvalue weighted by Crippen LogP contribution is 1.77. The molecule has 0 unspecified atom stereocenters. The molecule has 0 aromatic carbocycles. The van der Waals surface area contributed by atoms with Crippen LogP contribution in [0.2, 0.25) is 0 Å². The van der Waals surface area contributed by atoms with Crippen LogP contribution in [0.15, 0.2) is 0 Å². The van der Waals surface area contributed by atoms with Gasteiger partial charge in [-0.25, -0.2) is 5.26 Å². The van der Waals surface area contributed by atoms with Gasteiger partial charge in [-0.1, -0.05) is 6.92 Å². The van der Waals surface area contributed by atoms with E-state index in [9.17, 15) is 0 Å². The van der Waals surface area contributed by atoms with Crippen molar-refractivity contribution in [3.8, 4) is 0 Å². The lowest BCUT2D eigenvalue weighted by molar-refractivity contribution is -0.158. The van der Waals surface area contributed by atoms with Gasteiger partial charge in [-0.15, -0.1) is 0 Å². The second-order valence-electron chi connectivity index (χ2n) is 0.868. The average Bonchev–Trinajstić information content (AvgIpc) is 1.65. The largest absolute Gasteiger partial charge is 0.325 e. The quantitative estimate of drug-likeness (QED) is 0.217. The molecule has 6 heavy (non-hydrogen) atoms. The van der Waals surface area contributed by atoms with Crippen LogP contribution in [0.4, 0.5) is 0 Å². The summed E-state index contributed by atoms with van der Waals surface area (Å²) in [4.78, 5) is 3.48. The van der Waals surface area contributed by atoms with Crippen molar-refractivity contribution < 1.29 is 10.1 Å². The van der Waals surface area contributed by atoms with Crippen LogP contribution in [0, 0.1) is 5.41 Å². The first-order valence-corrected chi connectivity index (χ1v) is 1.70. The summed E-state index contributed by atoms with van der Waals surface area (Å²) in [6.07, 6.45) is 0.441. The molecule has 0 atom stereocenters. The molecule has 2 N–H and O–H groups in total. The van der Waals surface area contributed by atoms with E-state index in [2.05, 4.69) is 4.89 Å². The molecule has 0 aromatic rings. The van der Waals surface area contributed by atoms with Crippen LogP contribution in [-0.2, 0) is 4.89 Å². The Hall–Kier alpha value is -0.570. The van der Waals surface area contributed by atoms with Gasteiger partial charge >= 0.3 is 0 Å². The number of nitrogens with one attached hydrogen (secondary N) is 1. The van der Waals surface area contributed by atoms with E-state index in [1.54, 1.807) is 6.92 Å². The molecule has 0 bridgehead atoms. The average molecular weight is 89.1 g/mol. The lowest BCUT2D eigenvalue weighted by Gasteiger charge is -1.88. The maximum Gasteiger partial charge on any atom is 0.224 e. The zero-order valence-corrected chi connectivity index (χ0v) is 3.56. The number of rotatable bonds is 1. The van der Waals surface area contributed by atoms with Crippen molar-refractivity contribution in [3.63, 3.8) is 0 Å². The first-order valence-electron chi connectivity index (χ1n) is 1.70. The van der Waals surface area contributed by atoms with Crippen LogP contribution in [0.25, 0.3) is 0 Å². The van der Waals surface area contributed by atoms with Crippen molar-refractivity contribution >= 4 is 5.90 Å². The third-order valence-electron chi connectivity index (χ3n) is 0.431. The molecule has 0 amide bonds. The van der Waals surface area contributed by atoms with E-state index in [0.717, 1.165) is 0 Å². The fourth-order valence-electron chi connectivity index (χ4n) is 0.0645. The van der Waals surface area contributed by atoms with E-state index in [-0.39, 0.29) is 5.90 Å². The van der Waals surface area contributed by atoms with Crippen molar-refractivity contribution in [1.82, 2.24) is 0 Å². The van der Waals surface area contributed by atoms with Crippen molar-refractivity contribution in [1.29, 1.82) is 5.41 Å². The van der Waals surface area contributed by atoms with E-state index in [1.165, 1.54) is 0 Å². The topological polar surface area (TPSA) is 53.3 Å². The van der Waals surface area contributed by atoms with Gasteiger partial charge in [0, 0.05) is 6.42 Å². The van der Waals surface area contributed by atoms with Crippen molar-refractivity contribution in [2.75, 3.05) is 0 Å². The van der Waals surface area contributed by atoms with Gasteiger partial charge < -0.3 is 4.89 Å². The number of hydrogen-bond donors (Lipinski definition) is 2. The molecule has 0 aliphatic carbocycles. The second-order valence-corrected chi connectivity index (χ2v) is 0.868. The highest BCUT2D eigenvalue weighted by molar-refractivity contribution is 5.71. The van der Waals surface area contributed by atoms with Crippen LogP contribution < -0.4 is 0 Å². The van der Waals surface area contributed by atoms with Crippen LogP contribution in [-0.4, -0.2) is 11.2 Å². The molecule has 0 rings (SSSR count). The zero-order chi connectivity index (χ0) is 4.99. The van der Waals surface area contributed by atoms with Crippen LogP contribution in [0.5, 0.6) is 0 Å². The van der Waals surface area contributed by atoms with E-state index in [1.807, 2.05) is 0 Å². The van der Waals surface area contributed by atoms with Crippen LogP contribution in [0.3, 0.4) is 0 Å². The molecule has 0 aromatic heterocycles. The van der Waals surface area contributed by atoms with Gasteiger partial charge in [0.1, 0.15) is 0 Å². The molecule has 0 saturated carbocycles. The van der Waals surface area contributed by atoms with E-state index in [4.69, 9.17) is 10.7 Å². The van der Waals surface area contributed by atoms with Crippen molar-refractivity contribution in [3.05, 3.63) is 0 Å². The Morgan fingerprint density at radius 3 is 2.50 bits per heavy atom. The fourth-order valence-corrected chi connectivity index (χ4v) is 0.0645. The third-order valence-corrected chi connectivity index (χ3v) is 0.431. The van der Waals surface area contributed by atoms with Gasteiger partial charge in [0.15, 0.2) is 0 Å². The molecule has 0 spiro atoms. The van der Waals surface area contributed by atoms with Gasteiger partial charge in [-0.2, -0.15) is 0 Å². The second kappa shape index (κ2) is 2.66. The highest BCUT2D eigenvalue weighted by atomic mass is 17.1. The van der Waals surface area contributed by atoms with Crippen molar-refractivity contribution in [2.45, 2.75) is 13.3 Å². The van der Waals surface area contributed by atoms with Crippen LogP contribution in [0.1, 0.15) is 13.3 Å². The summed E-state index contributed by atoms with van der Waals surface area (Å²) in [5.41, 5.74) is 0. The summed E-state index contributed by atoms with van der Waals surface area (Å²) >= 11 is 0. The lowest BCUT2D eigenvalue weighted by Crippen LogP contribution is -1.94. The monoisotopic (exact) mass is 89.0 g/mol. The van der Waals surface area contributed by atoms with E-state index in [0.29, 0.717) is 6.42 Å². The molecule has 3 nitrogen and oxygen atoms in total. The SMILES string of the molecule is CCC(=N)OO. The summed E-state index contributed by atoms with van der Waals surface area (Å²) < 4.78 is 0. The maximum absolute atomic E-state index is 7.61. The Labute approximate surface area is 36.0 Å². The lowest BCUT2D eigenvalue weighted by atomic mass is 10.5. The van der Waals surface area contributed by atoms with Gasteiger partial charge in [0.25, 0.3) is 0 Å². The standard InChI is InChI=1S/C3H7NO2/c1-2-3(4)6-5/h4-5H,2H2,1H3. The Kier molecular flexibility index (Phi) is 2.40. The molecule has 0 fully saturated rings.